The molecule has 0 bridgehead atoms. The second-order valence-electron chi connectivity index (χ2n) is 7.20. The van der Waals surface area contributed by atoms with Crippen LogP contribution in [0.1, 0.15) is 35.2 Å². The lowest BCUT2D eigenvalue weighted by Crippen LogP contribution is -2.39. The molecule has 3 aromatic rings. The number of thiocarbonyl (C=S) groups is 1. The van der Waals surface area contributed by atoms with E-state index in [1.165, 1.54) is 22.2 Å². The molecule has 1 fully saturated rings. The normalized spacial score (nSPS) is 22.0. The summed E-state index contributed by atoms with van der Waals surface area (Å²) in [7, 11) is 0. The third kappa shape index (κ3) is 2.12. The number of nitrogens with zero attached hydrogens (tertiary/aromatic N) is 1. The van der Waals surface area contributed by atoms with Gasteiger partial charge in [0, 0.05) is 23.0 Å². The molecule has 2 aliphatic rings. The van der Waals surface area contributed by atoms with Crippen LogP contribution in [0.25, 0.3) is 10.9 Å². The molecule has 5 rings (SSSR count). The highest BCUT2D eigenvalue weighted by molar-refractivity contribution is 7.80. The van der Waals surface area contributed by atoms with Gasteiger partial charge in [0.25, 0.3) is 0 Å². The third-order valence-corrected chi connectivity index (χ3v) is 6.36. The molecule has 1 aromatic heterocycles. The molecule has 3 heterocycles. The molecule has 1 saturated heterocycles. The Morgan fingerprint density at radius 2 is 1.92 bits per heavy atom. The molecule has 0 spiro atoms. The van der Waals surface area contributed by atoms with Crippen LogP contribution in [0.15, 0.2) is 48.5 Å². The molecule has 0 aliphatic carbocycles. The predicted molar refractivity (Wildman–Crippen MR) is 107 cm³/mol. The average molecular weight is 360 g/mol. The first-order valence-corrected chi connectivity index (χ1v) is 9.60. The number of fused-ring (bicyclic) bond motifs is 4. The molecule has 3 nitrogen and oxygen atoms in total. The minimum atomic E-state index is -0.276. The van der Waals surface area contributed by atoms with Crippen LogP contribution in [0.4, 0.5) is 0 Å². The van der Waals surface area contributed by atoms with Crippen molar-refractivity contribution in [1.29, 1.82) is 0 Å². The van der Waals surface area contributed by atoms with Gasteiger partial charge in [-0.2, -0.15) is 0 Å². The van der Waals surface area contributed by atoms with Crippen molar-refractivity contribution >= 4 is 33.9 Å². The summed E-state index contributed by atoms with van der Waals surface area (Å²) in [4.78, 5) is 19.8. The topological polar surface area (TPSA) is 36.1 Å². The SMILES string of the molecule is CCc1ccccc1[C@H]1C(=O)[C@H]2Cc3c([nH]c4ccccc34)CN2C1=S. The van der Waals surface area contributed by atoms with Crippen molar-refractivity contribution in [3.63, 3.8) is 0 Å². The highest BCUT2D eigenvalue weighted by atomic mass is 32.1. The zero-order valence-electron chi connectivity index (χ0n) is 14.7. The quantitative estimate of drug-likeness (QED) is 0.698. The van der Waals surface area contributed by atoms with E-state index in [9.17, 15) is 4.79 Å². The first-order valence-electron chi connectivity index (χ1n) is 9.19. The Morgan fingerprint density at radius 1 is 1.15 bits per heavy atom. The van der Waals surface area contributed by atoms with Crippen molar-refractivity contribution in [2.45, 2.75) is 38.3 Å². The minimum absolute atomic E-state index is 0.135. The van der Waals surface area contributed by atoms with Gasteiger partial charge in [0.2, 0.25) is 0 Å². The molecule has 0 unspecified atom stereocenters. The summed E-state index contributed by atoms with van der Waals surface area (Å²) in [5.41, 5.74) is 5.93. The van der Waals surface area contributed by atoms with Gasteiger partial charge in [0.1, 0.15) is 0 Å². The van der Waals surface area contributed by atoms with Crippen LogP contribution < -0.4 is 0 Å². The Kier molecular flexibility index (Phi) is 3.50. The van der Waals surface area contributed by atoms with Crippen molar-refractivity contribution in [3.05, 3.63) is 70.9 Å². The maximum Gasteiger partial charge on any atom is 0.169 e. The first-order chi connectivity index (χ1) is 12.7. The lowest BCUT2D eigenvalue weighted by atomic mass is 9.88. The zero-order chi connectivity index (χ0) is 17.8. The minimum Gasteiger partial charge on any atom is -0.357 e. The maximum absolute atomic E-state index is 13.3. The molecule has 2 aliphatic heterocycles. The standard InChI is InChI=1S/C22H20N2OS/c1-2-13-7-3-4-8-14(13)20-21(25)19-11-16-15-9-5-6-10-17(15)23-18(16)12-24(19)22(20)26/h3-10,19-20,23H,2,11-12H2,1H3/t19-,20+/m1/s1. The number of benzene rings is 2. The number of ketones is 1. The largest absolute Gasteiger partial charge is 0.357 e. The van der Waals surface area contributed by atoms with E-state index in [1.807, 2.05) is 18.2 Å². The van der Waals surface area contributed by atoms with Gasteiger partial charge in [-0.05, 0) is 29.2 Å². The fourth-order valence-electron chi connectivity index (χ4n) is 4.60. The first kappa shape index (κ1) is 15.8. The smallest absolute Gasteiger partial charge is 0.169 e. The summed E-state index contributed by atoms with van der Waals surface area (Å²) in [6.07, 6.45) is 1.65. The summed E-state index contributed by atoms with van der Waals surface area (Å²) < 4.78 is 0. The Hall–Kier alpha value is -2.46. The Balaban J connectivity index is 1.57. The summed E-state index contributed by atoms with van der Waals surface area (Å²) in [5, 5.41) is 1.23. The van der Waals surface area contributed by atoms with E-state index in [0.29, 0.717) is 6.54 Å². The van der Waals surface area contributed by atoms with Gasteiger partial charge in [-0.1, -0.05) is 61.6 Å². The second kappa shape index (κ2) is 5.78. The predicted octanol–water partition coefficient (Wildman–Crippen LogP) is 4.15. The number of hydrogen-bond donors (Lipinski definition) is 1. The summed E-state index contributed by atoms with van der Waals surface area (Å²) >= 11 is 5.81. The van der Waals surface area contributed by atoms with Crippen molar-refractivity contribution < 1.29 is 4.79 Å². The van der Waals surface area contributed by atoms with Crippen LogP contribution in [0.3, 0.4) is 0 Å². The number of Topliss-reactive ketones (excluding diaryl/α,β-unsaturated/α-hetero) is 1. The average Bonchev–Trinajstić information content (AvgIpc) is 3.15. The summed E-state index contributed by atoms with van der Waals surface area (Å²) in [6.45, 7) is 2.83. The maximum atomic E-state index is 13.3. The molecule has 0 radical (unpaired) electrons. The summed E-state index contributed by atoms with van der Waals surface area (Å²) in [5.74, 6) is -0.0201. The number of aromatic nitrogens is 1. The fraction of sp³-hybridized carbons (Fsp3) is 0.273. The van der Waals surface area contributed by atoms with Gasteiger partial charge in [-0.3, -0.25) is 4.79 Å². The van der Waals surface area contributed by atoms with Crippen LogP contribution in [-0.4, -0.2) is 26.7 Å². The van der Waals surface area contributed by atoms with Crippen LogP contribution in [0.2, 0.25) is 0 Å². The van der Waals surface area contributed by atoms with E-state index in [-0.39, 0.29) is 17.7 Å². The number of rotatable bonds is 2. The molecule has 4 heteroatoms. The highest BCUT2D eigenvalue weighted by Crippen LogP contribution is 2.40. The highest BCUT2D eigenvalue weighted by Gasteiger charge is 2.48. The number of aromatic amines is 1. The fourth-order valence-corrected chi connectivity index (χ4v) is 5.03. The lowest BCUT2D eigenvalue weighted by Gasteiger charge is -2.30. The molecule has 0 amide bonds. The second-order valence-corrected chi connectivity index (χ2v) is 7.62. The van der Waals surface area contributed by atoms with E-state index in [1.54, 1.807) is 0 Å². The number of para-hydroxylation sites is 1. The van der Waals surface area contributed by atoms with Crippen LogP contribution in [0, 0.1) is 0 Å². The monoisotopic (exact) mass is 360 g/mol. The molecular formula is C22H20N2OS. The Morgan fingerprint density at radius 3 is 2.77 bits per heavy atom. The van der Waals surface area contributed by atoms with Crippen LogP contribution >= 0.6 is 12.2 Å². The summed E-state index contributed by atoms with van der Waals surface area (Å²) in [6, 6.07) is 16.4. The number of H-pyrrole nitrogens is 1. The van der Waals surface area contributed by atoms with Crippen molar-refractivity contribution in [1.82, 2.24) is 9.88 Å². The van der Waals surface area contributed by atoms with Gasteiger partial charge >= 0.3 is 0 Å². The lowest BCUT2D eigenvalue weighted by molar-refractivity contribution is -0.121. The number of aryl methyl sites for hydroxylation is 1. The number of carbonyl (C=O) groups excluding carboxylic acids is 1. The molecule has 2 atom stereocenters. The van der Waals surface area contributed by atoms with Crippen molar-refractivity contribution in [2.75, 3.05) is 0 Å². The van der Waals surface area contributed by atoms with Crippen LogP contribution in [-0.2, 0) is 24.2 Å². The van der Waals surface area contributed by atoms with Gasteiger partial charge < -0.3 is 9.88 Å². The van der Waals surface area contributed by atoms with Gasteiger partial charge in [0.05, 0.1) is 23.5 Å². The Bertz CT molecular complexity index is 1050. The van der Waals surface area contributed by atoms with E-state index in [2.05, 4.69) is 47.1 Å². The van der Waals surface area contributed by atoms with Gasteiger partial charge in [0.15, 0.2) is 5.78 Å². The third-order valence-electron chi connectivity index (χ3n) is 5.89. The van der Waals surface area contributed by atoms with Gasteiger partial charge in [-0.15, -0.1) is 0 Å². The number of carbonyl (C=O) groups is 1. The van der Waals surface area contributed by atoms with Crippen molar-refractivity contribution in [3.8, 4) is 0 Å². The molecule has 0 saturated carbocycles. The zero-order valence-corrected chi connectivity index (χ0v) is 15.5. The van der Waals surface area contributed by atoms with Crippen molar-refractivity contribution in [2.24, 2.45) is 0 Å². The van der Waals surface area contributed by atoms with E-state index in [0.717, 1.165) is 28.9 Å². The molecule has 130 valence electrons. The molecule has 26 heavy (non-hydrogen) atoms. The van der Waals surface area contributed by atoms with E-state index < -0.39 is 0 Å². The van der Waals surface area contributed by atoms with Gasteiger partial charge in [-0.25, -0.2) is 0 Å². The van der Waals surface area contributed by atoms with E-state index >= 15 is 0 Å². The molecule has 1 N–H and O–H groups in total. The molecule has 2 aromatic carbocycles. The number of nitrogens with one attached hydrogen (secondary N) is 1. The Labute approximate surface area is 158 Å². The van der Waals surface area contributed by atoms with Crippen LogP contribution in [0.5, 0.6) is 0 Å². The number of hydrogen-bond acceptors (Lipinski definition) is 2. The van der Waals surface area contributed by atoms with E-state index in [4.69, 9.17) is 12.2 Å². The molecular weight excluding hydrogens is 340 g/mol.